The molecule has 0 bridgehead atoms. The van der Waals surface area contributed by atoms with Crippen LogP contribution in [0.15, 0.2) is 109 Å². The Hall–Kier alpha value is -4.28. The van der Waals surface area contributed by atoms with Gasteiger partial charge >= 0.3 is 39.5 Å². The summed E-state index contributed by atoms with van der Waals surface area (Å²) in [7, 11) is -9.98. The van der Waals surface area contributed by atoms with Crippen molar-refractivity contribution in [2.75, 3.05) is 39.6 Å². The third-order valence-corrected chi connectivity index (χ3v) is 19.2. The van der Waals surface area contributed by atoms with Crippen LogP contribution in [0.4, 0.5) is 0 Å². The second kappa shape index (κ2) is 76.9. The fraction of sp³-hybridized carbons (Fsp3) is 0.741. The van der Waals surface area contributed by atoms with E-state index < -0.39 is 97.5 Å². The fourth-order valence-electron chi connectivity index (χ4n) is 11.1. The molecule has 0 aromatic rings. The highest BCUT2D eigenvalue weighted by atomic mass is 31.2. The topological polar surface area (TPSA) is 237 Å². The second-order valence-electron chi connectivity index (χ2n) is 27.3. The molecule has 0 spiro atoms. The third-order valence-electron chi connectivity index (χ3n) is 17.3. The Kier molecular flexibility index (Phi) is 73.7. The molecule has 17 nitrogen and oxygen atoms in total. The molecule has 0 amide bonds. The van der Waals surface area contributed by atoms with Gasteiger partial charge in [-0.15, -0.1) is 0 Å². The van der Waals surface area contributed by atoms with Crippen LogP contribution in [-0.4, -0.2) is 96.7 Å². The number of carbonyl (C=O) groups is 4. The summed E-state index contributed by atoms with van der Waals surface area (Å²) in [5.74, 6) is -2.25. The van der Waals surface area contributed by atoms with Crippen LogP contribution < -0.4 is 0 Å². The van der Waals surface area contributed by atoms with Crippen LogP contribution in [0.1, 0.15) is 349 Å². The van der Waals surface area contributed by atoms with Gasteiger partial charge in [-0.05, 0) is 103 Å². The van der Waals surface area contributed by atoms with Crippen LogP contribution in [-0.2, 0) is 65.4 Å². The minimum Gasteiger partial charge on any atom is -0.462 e. The molecule has 600 valence electrons. The highest BCUT2D eigenvalue weighted by Crippen LogP contribution is 2.45. The fourth-order valence-corrected chi connectivity index (χ4v) is 12.7. The molecule has 104 heavy (non-hydrogen) atoms. The second-order valence-corrected chi connectivity index (χ2v) is 30.2. The maximum Gasteiger partial charge on any atom is 0.472 e. The number of phosphoric ester groups is 2. The number of aliphatic hydroxyl groups excluding tert-OH is 1. The molecular weight excluding hydrogens is 1350 g/mol. The minimum atomic E-state index is -5.00. The van der Waals surface area contributed by atoms with Crippen molar-refractivity contribution in [1.29, 1.82) is 0 Å². The normalized spacial score (nSPS) is 14.4. The first-order chi connectivity index (χ1) is 50.7. The van der Waals surface area contributed by atoms with E-state index in [1.807, 2.05) is 12.2 Å². The van der Waals surface area contributed by atoms with E-state index in [2.05, 4.69) is 125 Å². The molecule has 0 saturated heterocycles. The molecule has 0 aliphatic rings. The van der Waals surface area contributed by atoms with Crippen molar-refractivity contribution < 1.29 is 80.2 Å². The number of aliphatic hydroxyl groups is 1. The van der Waals surface area contributed by atoms with Crippen LogP contribution in [0, 0.1) is 0 Å². The van der Waals surface area contributed by atoms with Crippen LogP contribution >= 0.6 is 15.6 Å². The summed E-state index contributed by atoms with van der Waals surface area (Å²) >= 11 is 0. The SMILES string of the molecule is CC/C=C\C/C=C\C/C=C\C/C=C\C/C=C\CCCC(=O)OCC(COP(=O)(O)OCC(O)COP(=O)(O)OCC(COC(=O)CCCCCCCCCCCCCCCCC)OC(=O)CCCCCCCCCCCCCCCCC)OC(=O)CCCCCC/C=C\C/C=C\C/C=C\C/C=C\CC. The molecule has 0 aromatic heterocycles. The van der Waals surface area contributed by atoms with Crippen molar-refractivity contribution in [2.24, 2.45) is 0 Å². The number of unbranched alkanes of at least 4 members (excludes halogenated alkanes) is 33. The van der Waals surface area contributed by atoms with Crippen LogP contribution in [0.2, 0.25) is 0 Å². The maximum atomic E-state index is 13.1. The monoisotopic (exact) mass is 1500 g/mol. The first kappa shape index (κ1) is 99.7. The Morgan fingerprint density at radius 1 is 0.279 bits per heavy atom. The third kappa shape index (κ3) is 75.9. The van der Waals surface area contributed by atoms with Gasteiger partial charge in [0.2, 0.25) is 0 Å². The Labute approximate surface area is 632 Å². The van der Waals surface area contributed by atoms with Gasteiger partial charge < -0.3 is 33.8 Å². The van der Waals surface area contributed by atoms with E-state index in [0.29, 0.717) is 32.1 Å². The van der Waals surface area contributed by atoms with Gasteiger partial charge in [-0.25, -0.2) is 9.13 Å². The first-order valence-corrected chi connectivity index (χ1v) is 44.1. The minimum absolute atomic E-state index is 0.0536. The lowest BCUT2D eigenvalue weighted by Crippen LogP contribution is -2.30. The van der Waals surface area contributed by atoms with Crippen molar-refractivity contribution in [1.82, 2.24) is 0 Å². The molecule has 0 aromatic carbocycles. The average molecular weight is 1500 g/mol. The number of phosphoric acid groups is 2. The lowest BCUT2D eigenvalue weighted by molar-refractivity contribution is -0.161. The Morgan fingerprint density at radius 3 is 0.808 bits per heavy atom. The van der Waals surface area contributed by atoms with E-state index in [4.69, 9.17) is 37.0 Å². The summed E-state index contributed by atoms with van der Waals surface area (Å²) in [6.45, 7) is 4.62. The number of hydrogen-bond acceptors (Lipinski definition) is 15. The van der Waals surface area contributed by atoms with E-state index in [1.54, 1.807) is 0 Å². The van der Waals surface area contributed by atoms with Gasteiger partial charge in [0.25, 0.3) is 0 Å². The Bertz CT molecular complexity index is 2390. The number of ether oxygens (including phenoxy) is 4. The van der Waals surface area contributed by atoms with E-state index >= 15 is 0 Å². The predicted octanol–water partition coefficient (Wildman–Crippen LogP) is 24.1. The largest absolute Gasteiger partial charge is 0.472 e. The zero-order valence-corrected chi connectivity index (χ0v) is 67.5. The molecule has 5 unspecified atom stereocenters. The van der Waals surface area contributed by atoms with E-state index in [9.17, 15) is 43.2 Å². The molecule has 0 aliphatic carbocycles. The van der Waals surface area contributed by atoms with Crippen LogP contribution in [0.3, 0.4) is 0 Å². The molecule has 0 saturated carbocycles. The zero-order valence-electron chi connectivity index (χ0n) is 65.7. The zero-order chi connectivity index (χ0) is 76.0. The van der Waals surface area contributed by atoms with Gasteiger partial charge in [-0.2, -0.15) is 0 Å². The van der Waals surface area contributed by atoms with Gasteiger partial charge in [-0.1, -0.05) is 330 Å². The highest BCUT2D eigenvalue weighted by molar-refractivity contribution is 7.47. The summed E-state index contributed by atoms with van der Waals surface area (Å²) in [6, 6.07) is 0. The van der Waals surface area contributed by atoms with Crippen molar-refractivity contribution in [3.8, 4) is 0 Å². The summed E-state index contributed by atoms with van der Waals surface area (Å²) in [6.07, 6.45) is 83.5. The van der Waals surface area contributed by atoms with Crippen molar-refractivity contribution >= 4 is 39.5 Å². The van der Waals surface area contributed by atoms with Gasteiger partial charge in [0.15, 0.2) is 12.2 Å². The summed E-state index contributed by atoms with van der Waals surface area (Å²) < 4.78 is 68.6. The van der Waals surface area contributed by atoms with E-state index in [-0.39, 0.29) is 25.7 Å². The smallest absolute Gasteiger partial charge is 0.462 e. The first-order valence-electron chi connectivity index (χ1n) is 41.1. The molecule has 19 heteroatoms. The highest BCUT2D eigenvalue weighted by Gasteiger charge is 2.30. The molecule has 5 atom stereocenters. The number of rotatable bonds is 77. The lowest BCUT2D eigenvalue weighted by atomic mass is 10.0. The number of allylic oxidation sites excluding steroid dienone is 18. The summed E-state index contributed by atoms with van der Waals surface area (Å²) in [4.78, 5) is 73.1. The van der Waals surface area contributed by atoms with Crippen LogP contribution in [0.25, 0.3) is 0 Å². The van der Waals surface area contributed by atoms with Crippen molar-refractivity contribution in [2.45, 2.75) is 367 Å². The molecule has 3 N–H and O–H groups in total. The van der Waals surface area contributed by atoms with E-state index in [0.717, 1.165) is 128 Å². The van der Waals surface area contributed by atoms with Gasteiger partial charge in [0, 0.05) is 25.7 Å². The van der Waals surface area contributed by atoms with Gasteiger partial charge in [0.1, 0.15) is 19.3 Å². The number of carbonyl (C=O) groups excluding carboxylic acids is 4. The van der Waals surface area contributed by atoms with E-state index in [1.165, 1.54) is 135 Å². The summed E-state index contributed by atoms with van der Waals surface area (Å²) in [5.41, 5.74) is 0. The quantitative estimate of drug-likeness (QED) is 0.0169. The van der Waals surface area contributed by atoms with Crippen LogP contribution in [0.5, 0.6) is 0 Å². The van der Waals surface area contributed by atoms with Gasteiger partial charge in [0.05, 0.1) is 26.4 Å². The predicted molar refractivity (Wildman–Crippen MR) is 427 cm³/mol. The molecule has 0 fully saturated rings. The van der Waals surface area contributed by atoms with Crippen molar-refractivity contribution in [3.05, 3.63) is 109 Å². The molecule has 0 radical (unpaired) electrons. The molecule has 0 rings (SSSR count). The lowest BCUT2D eigenvalue weighted by Gasteiger charge is -2.21. The average Bonchev–Trinajstić information content (AvgIpc) is 0.926. The molecular formula is C85H148O17P2. The summed E-state index contributed by atoms with van der Waals surface area (Å²) in [5, 5.41) is 10.7. The number of esters is 4. The maximum absolute atomic E-state index is 13.1. The standard InChI is InChI=1S/C85H148O17P2/c1-5-9-13-17-21-25-29-33-37-39-43-46-50-54-58-62-66-70-83(88)96-76-81(102-85(90)72-68-64-60-56-52-48-44-40-38-34-30-26-22-18-14-10-6-2)78-100-104(93,94)98-74-79(86)73-97-103(91,92)99-77-80(101-84(89)71-67-63-59-55-51-47-42-36-32-28-24-20-16-12-8-4)75-95-82(87)69-65-61-57-53-49-45-41-35-31-27-23-19-15-11-7-3/h9-10,13-14,21-22,25-26,33-34,37-38,43-44,46,48,54,58,79-81,86H,5-8,11-12,15-20,23-24,27-32,35-36,39-42,45,47,49-53,55-57,59-78H2,1-4H3,(H,91,92)(H,93,94)/b13-9-,14-10-,25-21-,26-22-,37-33-,38-34-,46-43-,48-44-,58-54-. The number of hydrogen-bond donors (Lipinski definition) is 3. The van der Waals surface area contributed by atoms with Crippen molar-refractivity contribution in [3.63, 3.8) is 0 Å². The molecule has 0 aliphatic heterocycles. The Balaban J connectivity index is 5.42. The molecule has 0 heterocycles. The van der Waals surface area contributed by atoms with Gasteiger partial charge in [-0.3, -0.25) is 37.3 Å². The Morgan fingerprint density at radius 2 is 0.510 bits per heavy atom.